The van der Waals surface area contributed by atoms with E-state index in [1.54, 1.807) is 6.07 Å². The highest BCUT2D eigenvalue weighted by Crippen LogP contribution is 2.27. The number of anilines is 2. The summed E-state index contributed by atoms with van der Waals surface area (Å²) in [5.74, 6) is 0.755. The van der Waals surface area contributed by atoms with Crippen LogP contribution in [0.15, 0.2) is 6.07 Å². The lowest BCUT2D eigenvalue weighted by atomic mass is 10.4. The van der Waals surface area contributed by atoms with Crippen molar-refractivity contribution < 1.29 is 9.84 Å². The van der Waals surface area contributed by atoms with Crippen LogP contribution >= 0.6 is 23.2 Å². The number of nitrogens with two attached hydrogens (primary N) is 1. The number of halogens is 2. The fourth-order valence-corrected chi connectivity index (χ4v) is 1.58. The van der Waals surface area contributed by atoms with E-state index in [1.165, 1.54) is 0 Å². The normalized spacial score (nSPS) is 10.5. The first-order chi connectivity index (χ1) is 8.15. The number of rotatable bonds is 7. The van der Waals surface area contributed by atoms with Crippen molar-refractivity contribution in [1.82, 2.24) is 4.98 Å². The highest BCUT2D eigenvalue weighted by Gasteiger charge is 2.06. The van der Waals surface area contributed by atoms with Gasteiger partial charge in [0.25, 0.3) is 0 Å². The van der Waals surface area contributed by atoms with Gasteiger partial charge in [-0.15, -0.1) is 0 Å². The van der Waals surface area contributed by atoms with E-state index in [4.69, 9.17) is 38.8 Å². The maximum atomic E-state index is 8.50. The number of nitrogen functional groups attached to an aromatic ring is 1. The van der Waals surface area contributed by atoms with E-state index < -0.39 is 0 Å². The Hall–Kier alpha value is -0.750. The number of ether oxygens (including phenoxy) is 1. The van der Waals surface area contributed by atoms with Crippen LogP contribution in [0.5, 0.6) is 0 Å². The zero-order valence-corrected chi connectivity index (χ0v) is 10.8. The monoisotopic (exact) mass is 279 g/mol. The first-order valence-corrected chi connectivity index (χ1v) is 5.94. The van der Waals surface area contributed by atoms with Gasteiger partial charge in [-0.2, -0.15) is 0 Å². The highest BCUT2D eigenvalue weighted by atomic mass is 35.5. The van der Waals surface area contributed by atoms with E-state index in [-0.39, 0.29) is 12.4 Å². The molecule has 96 valence electrons. The van der Waals surface area contributed by atoms with Crippen molar-refractivity contribution in [1.29, 1.82) is 0 Å². The molecule has 0 unspecified atom stereocenters. The Morgan fingerprint density at radius 1 is 1.35 bits per heavy atom. The summed E-state index contributed by atoms with van der Waals surface area (Å²) in [4.78, 5) is 4.03. The van der Waals surface area contributed by atoms with Crippen LogP contribution in [-0.2, 0) is 4.74 Å². The number of nitrogens with zero attached hydrogens (tertiary/aromatic N) is 1. The van der Waals surface area contributed by atoms with Crippen molar-refractivity contribution in [2.45, 2.75) is 6.42 Å². The van der Waals surface area contributed by atoms with Crippen molar-refractivity contribution in [3.05, 3.63) is 16.1 Å². The lowest BCUT2D eigenvalue weighted by Gasteiger charge is -2.09. The van der Waals surface area contributed by atoms with Gasteiger partial charge in [0, 0.05) is 13.2 Å². The summed E-state index contributed by atoms with van der Waals surface area (Å²) in [7, 11) is 0. The van der Waals surface area contributed by atoms with Gasteiger partial charge in [0.1, 0.15) is 11.6 Å². The topological polar surface area (TPSA) is 80.4 Å². The molecule has 0 saturated carbocycles. The third-order valence-electron chi connectivity index (χ3n) is 1.95. The van der Waals surface area contributed by atoms with E-state index in [2.05, 4.69) is 10.3 Å². The van der Waals surface area contributed by atoms with Gasteiger partial charge in [0.05, 0.1) is 23.3 Å². The van der Waals surface area contributed by atoms with Crippen molar-refractivity contribution in [2.75, 3.05) is 37.4 Å². The van der Waals surface area contributed by atoms with Gasteiger partial charge in [0.2, 0.25) is 0 Å². The molecule has 0 amide bonds. The van der Waals surface area contributed by atoms with Gasteiger partial charge in [-0.05, 0) is 12.5 Å². The van der Waals surface area contributed by atoms with Crippen LogP contribution in [0.2, 0.25) is 10.0 Å². The Kier molecular flexibility index (Phi) is 6.36. The Bertz CT molecular complexity index is 364. The van der Waals surface area contributed by atoms with Crippen LogP contribution in [0.4, 0.5) is 11.6 Å². The Labute approximate surface area is 110 Å². The summed E-state index contributed by atoms with van der Waals surface area (Å²) >= 11 is 11.7. The average molecular weight is 280 g/mol. The van der Waals surface area contributed by atoms with Gasteiger partial charge in [-0.3, -0.25) is 0 Å². The maximum absolute atomic E-state index is 8.50. The molecular weight excluding hydrogens is 265 g/mol. The molecule has 0 aliphatic carbocycles. The third-order valence-corrected chi connectivity index (χ3v) is 2.54. The van der Waals surface area contributed by atoms with Crippen LogP contribution in [0.1, 0.15) is 6.42 Å². The molecule has 7 heteroatoms. The standard InChI is InChI=1S/C10H15Cl2N3O2/c11-7-6-8(12)10(15-9(7)13)14-2-1-4-17-5-3-16/h6,16H,1-5H2,(H3,13,14,15). The fourth-order valence-electron chi connectivity index (χ4n) is 1.15. The molecule has 0 saturated heterocycles. The second-order valence-corrected chi connectivity index (χ2v) is 4.12. The first kappa shape index (κ1) is 14.3. The molecule has 1 aromatic heterocycles. The number of aromatic nitrogens is 1. The SMILES string of the molecule is Nc1nc(NCCCOCCO)c(Cl)cc1Cl. The largest absolute Gasteiger partial charge is 0.394 e. The molecule has 0 aromatic carbocycles. The van der Waals surface area contributed by atoms with E-state index in [1.807, 2.05) is 0 Å². The van der Waals surface area contributed by atoms with Gasteiger partial charge < -0.3 is 20.9 Å². The predicted octanol–water partition coefficient (Wildman–Crippen LogP) is 1.78. The minimum absolute atomic E-state index is 0.0362. The smallest absolute Gasteiger partial charge is 0.147 e. The summed E-state index contributed by atoms with van der Waals surface area (Å²) in [6.45, 7) is 1.61. The number of aliphatic hydroxyl groups excluding tert-OH is 1. The van der Waals surface area contributed by atoms with Gasteiger partial charge in [-0.25, -0.2) is 4.98 Å². The molecule has 0 radical (unpaired) electrons. The lowest BCUT2D eigenvalue weighted by molar-refractivity contribution is 0.0922. The molecule has 1 rings (SSSR count). The summed E-state index contributed by atoms with van der Waals surface area (Å²) < 4.78 is 5.10. The number of aliphatic hydroxyl groups is 1. The van der Waals surface area contributed by atoms with Crippen LogP contribution in [0, 0.1) is 0 Å². The molecule has 4 N–H and O–H groups in total. The molecule has 0 aliphatic heterocycles. The molecule has 0 bridgehead atoms. The fraction of sp³-hybridized carbons (Fsp3) is 0.500. The molecule has 1 aromatic rings. The number of nitrogens with one attached hydrogen (secondary N) is 1. The van der Waals surface area contributed by atoms with Crippen LogP contribution < -0.4 is 11.1 Å². The molecular formula is C10H15Cl2N3O2. The van der Waals surface area contributed by atoms with Crippen molar-refractivity contribution in [3.8, 4) is 0 Å². The van der Waals surface area contributed by atoms with E-state index in [9.17, 15) is 0 Å². The first-order valence-electron chi connectivity index (χ1n) is 5.19. The summed E-state index contributed by atoms with van der Waals surface area (Å²) in [5, 5.41) is 12.3. The van der Waals surface area contributed by atoms with E-state index in [0.29, 0.717) is 35.6 Å². The maximum Gasteiger partial charge on any atom is 0.147 e. The number of pyridine rings is 1. The zero-order chi connectivity index (χ0) is 12.7. The molecule has 0 aliphatic rings. The lowest BCUT2D eigenvalue weighted by Crippen LogP contribution is -2.09. The predicted molar refractivity (Wildman–Crippen MR) is 69.7 cm³/mol. The van der Waals surface area contributed by atoms with Gasteiger partial charge >= 0.3 is 0 Å². The van der Waals surface area contributed by atoms with Crippen LogP contribution in [0.25, 0.3) is 0 Å². The Morgan fingerprint density at radius 3 is 2.82 bits per heavy atom. The van der Waals surface area contributed by atoms with Gasteiger partial charge in [-0.1, -0.05) is 23.2 Å². The molecule has 0 spiro atoms. The van der Waals surface area contributed by atoms with Crippen molar-refractivity contribution in [2.24, 2.45) is 0 Å². The minimum Gasteiger partial charge on any atom is -0.394 e. The number of hydrogen-bond acceptors (Lipinski definition) is 5. The Morgan fingerprint density at radius 2 is 2.12 bits per heavy atom. The zero-order valence-electron chi connectivity index (χ0n) is 9.25. The van der Waals surface area contributed by atoms with Gasteiger partial charge in [0.15, 0.2) is 0 Å². The second-order valence-electron chi connectivity index (χ2n) is 3.30. The van der Waals surface area contributed by atoms with Crippen molar-refractivity contribution >= 4 is 34.8 Å². The van der Waals surface area contributed by atoms with E-state index >= 15 is 0 Å². The third kappa shape index (κ3) is 4.95. The summed E-state index contributed by atoms with van der Waals surface area (Å²) in [6, 6.07) is 1.55. The molecule has 0 fully saturated rings. The van der Waals surface area contributed by atoms with E-state index in [0.717, 1.165) is 6.42 Å². The second kappa shape index (κ2) is 7.55. The summed E-state index contributed by atoms with van der Waals surface area (Å²) in [5.41, 5.74) is 5.57. The average Bonchev–Trinajstić information content (AvgIpc) is 2.30. The highest BCUT2D eigenvalue weighted by molar-refractivity contribution is 6.37. The summed E-state index contributed by atoms with van der Waals surface area (Å²) in [6.07, 6.45) is 0.778. The molecule has 17 heavy (non-hydrogen) atoms. The van der Waals surface area contributed by atoms with Crippen LogP contribution in [0.3, 0.4) is 0 Å². The van der Waals surface area contributed by atoms with Crippen molar-refractivity contribution in [3.63, 3.8) is 0 Å². The Balaban J connectivity index is 2.34. The molecule has 5 nitrogen and oxygen atoms in total. The van der Waals surface area contributed by atoms with Crippen LogP contribution in [-0.4, -0.2) is 36.5 Å². The minimum atomic E-state index is 0.0362. The molecule has 0 atom stereocenters. The number of hydrogen-bond donors (Lipinski definition) is 3. The molecule has 1 heterocycles. The quantitative estimate of drug-likeness (QED) is 0.663.